The molecule has 3 fully saturated rings. The van der Waals surface area contributed by atoms with E-state index in [2.05, 4.69) is 39.3 Å². The fourth-order valence-corrected chi connectivity index (χ4v) is 4.62. The van der Waals surface area contributed by atoms with Gasteiger partial charge in [0, 0.05) is 36.7 Å². The second-order valence-electron chi connectivity index (χ2n) is 8.02. The van der Waals surface area contributed by atoms with E-state index in [1.54, 1.807) is 12.4 Å². The summed E-state index contributed by atoms with van der Waals surface area (Å²) in [6.07, 6.45) is 5.44. The van der Waals surface area contributed by atoms with Crippen LogP contribution in [0.25, 0.3) is 11.1 Å². The van der Waals surface area contributed by atoms with Crippen LogP contribution < -0.4 is 5.32 Å². The molecule has 1 N–H and O–H groups in total. The highest BCUT2D eigenvalue weighted by atomic mass is 16.6. The topological polar surface area (TPSA) is 82.5 Å². The third-order valence-corrected chi connectivity index (χ3v) is 6.08. The number of anilines is 1. The van der Waals surface area contributed by atoms with Gasteiger partial charge in [0.1, 0.15) is 6.54 Å². The number of aromatic nitrogens is 2. The van der Waals surface area contributed by atoms with E-state index in [1.165, 1.54) is 5.56 Å². The van der Waals surface area contributed by atoms with Crippen LogP contribution in [0.4, 0.5) is 5.95 Å². The molecule has 0 unspecified atom stereocenters. The Labute approximate surface area is 158 Å². The van der Waals surface area contributed by atoms with Crippen molar-refractivity contribution in [2.75, 3.05) is 31.5 Å². The first kappa shape index (κ1) is 16.6. The molecule has 5 heterocycles. The van der Waals surface area contributed by atoms with E-state index in [9.17, 15) is 5.21 Å². The Bertz CT molecular complexity index is 890. The number of aliphatic imine (C=N–C) groups is 1. The average molecular weight is 365 g/mol. The number of ether oxygens (including phenoxy) is 1. The second kappa shape index (κ2) is 6.00. The smallest absolute Gasteiger partial charge is 0.292 e. The van der Waals surface area contributed by atoms with Crippen molar-refractivity contribution in [2.24, 2.45) is 10.9 Å². The van der Waals surface area contributed by atoms with Gasteiger partial charge in [0.05, 0.1) is 19.6 Å². The van der Waals surface area contributed by atoms with Crippen LogP contribution in [0.15, 0.2) is 41.7 Å². The molecule has 7 heteroatoms. The Kier molecular flexibility index (Phi) is 3.70. The van der Waals surface area contributed by atoms with Crippen LogP contribution in [0, 0.1) is 18.0 Å². The standard InChI is InChI=1S/C20H23N5O2/c1-14-3-2-4-15(9-14)16-10-21-18(22-11-16)24-19-23-12-20(27-19)13-25(26)7-5-17(20)6-8-25/h2-4,9-11,17H,5-8,12-13H2,1H3,(H,21,22,23,24)/t17?,20-,25?/m0/s1. The van der Waals surface area contributed by atoms with Crippen LogP contribution in [0.5, 0.6) is 0 Å². The zero-order chi connectivity index (χ0) is 18.5. The maximum Gasteiger partial charge on any atom is 0.292 e. The molecule has 7 nitrogen and oxygen atoms in total. The number of nitrogens with one attached hydrogen (secondary N) is 1. The summed E-state index contributed by atoms with van der Waals surface area (Å²) in [5.41, 5.74) is 2.81. The molecule has 4 aliphatic rings. The van der Waals surface area contributed by atoms with Crippen molar-refractivity contribution >= 4 is 12.0 Å². The number of hydroxylamine groups is 3. The number of nitrogens with zero attached hydrogens (tertiary/aromatic N) is 4. The van der Waals surface area contributed by atoms with Crippen LogP contribution in [0.2, 0.25) is 0 Å². The summed E-state index contributed by atoms with van der Waals surface area (Å²) in [5, 5.41) is 15.8. The van der Waals surface area contributed by atoms with Gasteiger partial charge in [-0.2, -0.15) is 0 Å². The minimum Gasteiger partial charge on any atom is -0.633 e. The summed E-state index contributed by atoms with van der Waals surface area (Å²) < 4.78 is 6.03. The maximum absolute atomic E-state index is 12.7. The summed E-state index contributed by atoms with van der Waals surface area (Å²) in [4.78, 5) is 13.3. The van der Waals surface area contributed by atoms with E-state index in [-0.39, 0.29) is 4.65 Å². The quantitative estimate of drug-likeness (QED) is 0.654. The van der Waals surface area contributed by atoms with Crippen molar-refractivity contribution in [2.45, 2.75) is 25.4 Å². The predicted molar refractivity (Wildman–Crippen MR) is 103 cm³/mol. The average Bonchev–Trinajstić information content (AvgIpc) is 3.04. The van der Waals surface area contributed by atoms with E-state index >= 15 is 0 Å². The lowest BCUT2D eigenvalue weighted by Crippen LogP contribution is -2.67. The van der Waals surface area contributed by atoms with Gasteiger partial charge in [-0.25, -0.2) is 15.0 Å². The van der Waals surface area contributed by atoms with E-state index in [4.69, 9.17) is 4.74 Å². The number of amidine groups is 1. The number of hydrogen-bond donors (Lipinski definition) is 1. The zero-order valence-electron chi connectivity index (χ0n) is 15.4. The lowest BCUT2D eigenvalue weighted by Gasteiger charge is -2.58. The van der Waals surface area contributed by atoms with Gasteiger partial charge in [0.15, 0.2) is 5.60 Å². The van der Waals surface area contributed by atoms with Crippen molar-refractivity contribution in [1.82, 2.24) is 9.97 Å². The van der Waals surface area contributed by atoms with Gasteiger partial charge in [-0.05, 0) is 12.5 Å². The maximum atomic E-state index is 12.7. The molecule has 3 saturated heterocycles. The molecule has 2 bridgehead atoms. The minimum atomic E-state index is -0.442. The minimum absolute atomic E-state index is 0.138. The van der Waals surface area contributed by atoms with Gasteiger partial charge in [-0.1, -0.05) is 29.8 Å². The van der Waals surface area contributed by atoms with Crippen LogP contribution >= 0.6 is 0 Å². The SMILES string of the molecule is Cc1cccc(-c2cnc(NC3=NC[C@@]4(C[N+]5([O-])CCC4CC5)O3)nc2)c1. The predicted octanol–water partition coefficient (Wildman–Crippen LogP) is 2.73. The zero-order valence-corrected chi connectivity index (χ0v) is 15.4. The van der Waals surface area contributed by atoms with Crippen molar-refractivity contribution in [3.63, 3.8) is 0 Å². The third kappa shape index (κ3) is 2.96. The summed E-state index contributed by atoms with van der Waals surface area (Å²) in [7, 11) is 0. The van der Waals surface area contributed by atoms with Gasteiger partial charge in [0.2, 0.25) is 5.95 Å². The molecule has 1 spiro atoms. The second-order valence-corrected chi connectivity index (χ2v) is 8.02. The first-order chi connectivity index (χ1) is 13.0. The monoisotopic (exact) mass is 365 g/mol. The molecule has 140 valence electrons. The lowest BCUT2D eigenvalue weighted by atomic mass is 9.75. The van der Waals surface area contributed by atoms with Crippen molar-refractivity contribution < 1.29 is 9.38 Å². The van der Waals surface area contributed by atoms with Crippen LogP contribution in [0.1, 0.15) is 18.4 Å². The van der Waals surface area contributed by atoms with Crippen LogP contribution in [-0.4, -0.2) is 52.4 Å². The fourth-order valence-electron chi connectivity index (χ4n) is 4.62. The van der Waals surface area contributed by atoms with Crippen molar-refractivity contribution in [3.8, 4) is 11.1 Å². The van der Waals surface area contributed by atoms with E-state index < -0.39 is 5.60 Å². The number of piperidine rings is 3. The van der Waals surface area contributed by atoms with E-state index in [0.29, 0.717) is 44.1 Å². The molecular formula is C20H23N5O2. The Balaban J connectivity index is 1.28. The third-order valence-electron chi connectivity index (χ3n) is 6.08. The first-order valence-corrected chi connectivity index (χ1v) is 9.50. The molecule has 1 aromatic carbocycles. The van der Waals surface area contributed by atoms with Crippen LogP contribution in [0.3, 0.4) is 0 Å². The van der Waals surface area contributed by atoms with Gasteiger partial charge in [-0.15, -0.1) is 0 Å². The number of benzene rings is 1. The van der Waals surface area contributed by atoms with Gasteiger partial charge >= 0.3 is 0 Å². The number of hydrogen-bond acceptors (Lipinski definition) is 6. The first-order valence-electron chi connectivity index (χ1n) is 9.50. The molecule has 4 aliphatic heterocycles. The fraction of sp³-hybridized carbons (Fsp3) is 0.450. The largest absolute Gasteiger partial charge is 0.633 e. The Morgan fingerprint density at radius 1 is 1.19 bits per heavy atom. The highest BCUT2D eigenvalue weighted by Gasteiger charge is 2.56. The summed E-state index contributed by atoms with van der Waals surface area (Å²) in [5.74, 6) is 0.869. The van der Waals surface area contributed by atoms with E-state index in [1.807, 2.05) is 12.1 Å². The molecule has 1 aromatic heterocycles. The highest BCUT2D eigenvalue weighted by Crippen LogP contribution is 2.44. The van der Waals surface area contributed by atoms with Gasteiger partial charge < -0.3 is 14.6 Å². The molecule has 1 atom stereocenters. The van der Waals surface area contributed by atoms with E-state index in [0.717, 1.165) is 24.0 Å². The Morgan fingerprint density at radius 3 is 2.67 bits per heavy atom. The van der Waals surface area contributed by atoms with Gasteiger partial charge in [0.25, 0.3) is 6.02 Å². The number of quaternary nitrogens is 1. The normalized spacial score (nSPS) is 31.6. The molecule has 2 aromatic rings. The molecule has 0 radical (unpaired) electrons. The number of fused-ring (bicyclic) bond motifs is 2. The Hall–Kier alpha value is -2.51. The van der Waals surface area contributed by atoms with Crippen molar-refractivity contribution in [3.05, 3.63) is 47.4 Å². The molecule has 0 aliphatic carbocycles. The molecule has 0 amide bonds. The number of rotatable bonds is 2. The highest BCUT2D eigenvalue weighted by molar-refractivity contribution is 5.88. The summed E-state index contributed by atoms with van der Waals surface area (Å²) in [6.45, 7) is 4.53. The van der Waals surface area contributed by atoms with Crippen molar-refractivity contribution in [1.29, 1.82) is 0 Å². The lowest BCUT2D eigenvalue weighted by molar-refractivity contribution is -0.905. The molecule has 0 saturated carbocycles. The molecule has 6 rings (SSSR count). The van der Waals surface area contributed by atoms with Gasteiger partial charge in [-0.3, -0.25) is 5.32 Å². The molecular weight excluding hydrogens is 342 g/mol. The van der Waals surface area contributed by atoms with Crippen LogP contribution in [-0.2, 0) is 4.74 Å². The summed E-state index contributed by atoms with van der Waals surface area (Å²) >= 11 is 0. The Morgan fingerprint density at radius 2 is 1.96 bits per heavy atom. The molecule has 27 heavy (non-hydrogen) atoms. The summed E-state index contributed by atoms with van der Waals surface area (Å²) in [6, 6.07) is 8.67. The number of aryl methyl sites for hydroxylation is 1.